The number of hydrogen-bond donors (Lipinski definition) is 8. The highest BCUT2D eigenvalue weighted by Gasteiger charge is 2.56. The van der Waals surface area contributed by atoms with Gasteiger partial charge in [-0.2, -0.15) is 14.1 Å². The zero-order valence-electron chi connectivity index (χ0n) is 15.8. The molecule has 0 amide bonds. The lowest BCUT2D eigenvalue weighted by atomic mass is 10.1. The molecule has 6 atom stereocenters. The molecule has 1 fully saturated rings. The maximum Gasteiger partial charge on any atom is 0.580 e. The Hall–Kier alpha value is -1.20. The first-order valence-electron chi connectivity index (χ1n) is 8.39. The summed E-state index contributed by atoms with van der Waals surface area (Å²) in [6.07, 6.45) is -5.14. The van der Waals surface area contributed by atoms with Gasteiger partial charge in [0.15, 0.2) is 17.7 Å². The summed E-state index contributed by atoms with van der Waals surface area (Å²) in [7, 11) is -16.4. The van der Waals surface area contributed by atoms with Crippen LogP contribution in [0.1, 0.15) is 13.2 Å². The van der Waals surface area contributed by atoms with Crippen molar-refractivity contribution in [1.82, 2.24) is 19.5 Å². The Kier molecular flexibility index (Phi) is 7.04. The number of aromatic nitrogens is 4. The third-order valence-corrected chi connectivity index (χ3v) is 8.08. The van der Waals surface area contributed by atoms with Crippen LogP contribution in [0.3, 0.4) is 0 Å². The number of nitrogen functional groups attached to an aromatic ring is 1. The molecule has 0 bridgehead atoms. The molecule has 9 N–H and O–H groups in total. The van der Waals surface area contributed by atoms with Crippen molar-refractivity contribution in [2.75, 3.05) is 5.73 Å². The molecule has 1 aliphatic heterocycles. The summed E-state index contributed by atoms with van der Waals surface area (Å²) in [6, 6.07) is 0. The maximum atomic E-state index is 11.5. The number of nitrogens with zero attached hydrogens (tertiary/aromatic N) is 4. The van der Waals surface area contributed by atoms with Crippen LogP contribution in [-0.4, -0.2) is 78.6 Å². The number of phosphoric acid groups is 2. The molecule has 0 aromatic carbocycles. The third-order valence-electron chi connectivity index (χ3n) is 4.12. The molecule has 2 aromatic rings. The molecule has 21 heteroatoms. The first-order chi connectivity index (χ1) is 14.6. The van der Waals surface area contributed by atoms with Gasteiger partial charge >= 0.3 is 23.8 Å². The van der Waals surface area contributed by atoms with E-state index in [2.05, 4.69) is 23.6 Å². The Bertz CT molecular complexity index is 1080. The minimum Gasteiger partial charge on any atom is -0.387 e. The van der Waals surface area contributed by atoms with Crippen LogP contribution >= 0.6 is 23.8 Å². The van der Waals surface area contributed by atoms with E-state index in [1.807, 2.05) is 0 Å². The topological polar surface area (TPSA) is 282 Å². The van der Waals surface area contributed by atoms with Gasteiger partial charge in [0.2, 0.25) is 0 Å². The second-order valence-electron chi connectivity index (χ2n) is 6.48. The summed E-state index contributed by atoms with van der Waals surface area (Å²) in [4.78, 5) is 57.6. The lowest BCUT2D eigenvalue weighted by molar-refractivity contribution is -0.0785. The maximum absolute atomic E-state index is 11.5. The molecule has 18 nitrogen and oxygen atoms in total. The summed E-state index contributed by atoms with van der Waals surface area (Å²) in [5.74, 6) is 0.0493. The molecule has 3 rings (SSSR count). The zero-order valence-corrected chi connectivity index (χ0v) is 18.5. The van der Waals surface area contributed by atoms with Gasteiger partial charge in [0, 0.05) is 0 Å². The van der Waals surface area contributed by atoms with Crippen molar-refractivity contribution in [1.29, 1.82) is 0 Å². The molecule has 2 aromatic heterocycles. The summed E-state index contributed by atoms with van der Waals surface area (Å²) < 4.78 is 41.1. The highest BCUT2D eigenvalue weighted by atomic mass is 31.3. The molecule has 0 aliphatic carbocycles. The molecule has 3 heterocycles. The Morgan fingerprint density at radius 1 is 1.19 bits per heavy atom. The molecule has 1 saturated heterocycles. The number of hydrogen-bond acceptors (Lipinski definition) is 14. The van der Waals surface area contributed by atoms with E-state index in [-0.39, 0.29) is 17.0 Å². The molecule has 0 saturated carbocycles. The molecule has 32 heavy (non-hydrogen) atoms. The fourth-order valence-corrected chi connectivity index (χ4v) is 6.18. The molecule has 0 spiro atoms. The van der Waals surface area contributed by atoms with Crippen LogP contribution in [0.2, 0.25) is 0 Å². The van der Waals surface area contributed by atoms with E-state index in [0.29, 0.717) is 0 Å². The first kappa shape index (κ1) is 25.4. The van der Waals surface area contributed by atoms with Crippen LogP contribution in [-0.2, 0) is 27.0 Å². The number of nitrogens with two attached hydrogens (primary N) is 1. The van der Waals surface area contributed by atoms with Crippen molar-refractivity contribution in [3.63, 3.8) is 0 Å². The second-order valence-corrected chi connectivity index (χ2v) is 10.9. The number of aliphatic hydroxyl groups excluding tert-OH is 2. The number of aliphatic hydroxyl groups is 2. The summed E-state index contributed by atoms with van der Waals surface area (Å²) >= 11 is 0. The van der Waals surface area contributed by atoms with Crippen molar-refractivity contribution in [3.05, 3.63) is 12.7 Å². The number of rotatable bonds is 8. The van der Waals surface area contributed by atoms with E-state index in [4.69, 9.17) is 24.8 Å². The summed E-state index contributed by atoms with van der Waals surface area (Å²) in [5, 5.41) is 20.7. The lowest BCUT2D eigenvalue weighted by Crippen LogP contribution is -2.38. The van der Waals surface area contributed by atoms with Crippen molar-refractivity contribution in [2.45, 2.75) is 37.6 Å². The van der Waals surface area contributed by atoms with Crippen molar-refractivity contribution >= 4 is 40.8 Å². The Balaban J connectivity index is 1.74. The van der Waals surface area contributed by atoms with Crippen LogP contribution in [0.5, 0.6) is 0 Å². The second kappa shape index (κ2) is 8.87. The van der Waals surface area contributed by atoms with Crippen LogP contribution < -0.4 is 5.73 Å². The smallest absolute Gasteiger partial charge is 0.387 e. The van der Waals surface area contributed by atoms with Gasteiger partial charge in [0.1, 0.15) is 36.3 Å². The number of fused-ring (bicyclic) bond motifs is 1. The van der Waals surface area contributed by atoms with Crippen molar-refractivity contribution in [3.8, 4) is 0 Å². The highest BCUT2D eigenvalue weighted by Crippen LogP contribution is 2.70. The Morgan fingerprint density at radius 2 is 1.84 bits per heavy atom. The third kappa shape index (κ3) is 5.64. The molecule has 180 valence electrons. The standard InChI is InChI=1S/C11H18N5O13P3/c1-4(27-31(22,23)29-32(24,25)28-30(19,20)21)8-6(17)7(18)11(26-8)16-3-15-5-9(12)13-2-14-10(5)16/h2-4,6-8,11,17-18,22-23H,1H3,(H4-,12,13,14,19,20,21,24,25)/p+1. The number of imidazole rings is 1. The van der Waals surface area contributed by atoms with E-state index in [9.17, 15) is 34.0 Å². The Morgan fingerprint density at radius 3 is 2.47 bits per heavy atom. The number of ether oxygens (including phenoxy) is 1. The SMILES string of the molecule is CC(O[P+](O)(O)OP(=O)(O)OP(=O)(O)O)C1OC(n2cnc3c(N)ncnc32)C(O)C1O. The minimum absolute atomic E-state index is 0.0493. The van der Waals surface area contributed by atoms with Gasteiger partial charge in [-0.3, -0.25) is 9.46 Å². The quantitative estimate of drug-likeness (QED) is 0.180. The van der Waals surface area contributed by atoms with E-state index >= 15 is 0 Å². The Labute approximate surface area is 178 Å². The molecular formula is C11H19N5O13P3+. The van der Waals surface area contributed by atoms with E-state index in [1.54, 1.807) is 0 Å². The van der Waals surface area contributed by atoms with E-state index < -0.39 is 54.5 Å². The fourth-order valence-electron chi connectivity index (χ4n) is 2.94. The van der Waals surface area contributed by atoms with Gasteiger partial charge in [-0.05, 0) is 11.2 Å². The van der Waals surface area contributed by atoms with Crippen molar-refractivity contribution < 1.29 is 61.7 Å². The molecule has 6 unspecified atom stereocenters. The monoisotopic (exact) mass is 522 g/mol. The largest absolute Gasteiger partial charge is 0.580 e. The van der Waals surface area contributed by atoms with E-state index in [1.165, 1.54) is 10.9 Å². The summed E-state index contributed by atoms with van der Waals surface area (Å²) in [5.41, 5.74) is 6.05. The van der Waals surface area contributed by atoms with Gasteiger partial charge in [-0.15, -0.1) is 4.52 Å². The minimum atomic E-state index is -5.66. The average molecular weight is 522 g/mol. The van der Waals surface area contributed by atoms with Gasteiger partial charge in [0.05, 0.1) is 6.33 Å². The van der Waals surface area contributed by atoms with Crippen molar-refractivity contribution in [2.24, 2.45) is 0 Å². The molecular weight excluding hydrogens is 503 g/mol. The van der Waals surface area contributed by atoms with Crippen LogP contribution in [0, 0.1) is 0 Å². The van der Waals surface area contributed by atoms with Crippen LogP contribution in [0.15, 0.2) is 12.7 Å². The van der Waals surface area contributed by atoms with Gasteiger partial charge in [-0.1, -0.05) is 0 Å². The first-order valence-corrected chi connectivity index (χ1v) is 12.9. The predicted molar refractivity (Wildman–Crippen MR) is 102 cm³/mol. The lowest BCUT2D eigenvalue weighted by Gasteiger charge is -2.22. The molecule has 1 aliphatic rings. The van der Waals surface area contributed by atoms with Gasteiger partial charge in [-0.25, -0.2) is 24.1 Å². The van der Waals surface area contributed by atoms with Crippen LogP contribution in [0.4, 0.5) is 5.82 Å². The number of anilines is 1. The van der Waals surface area contributed by atoms with Gasteiger partial charge < -0.3 is 30.5 Å². The van der Waals surface area contributed by atoms with E-state index in [0.717, 1.165) is 13.3 Å². The molecule has 0 radical (unpaired) electrons. The predicted octanol–water partition coefficient (Wildman–Crippen LogP) is -1.68. The normalized spacial score (nSPS) is 27.5. The summed E-state index contributed by atoms with van der Waals surface area (Å²) in [6.45, 7) is 1.13. The average Bonchev–Trinajstić information content (AvgIpc) is 3.14. The fraction of sp³-hybridized carbons (Fsp3) is 0.545. The highest BCUT2D eigenvalue weighted by molar-refractivity contribution is 7.68. The zero-order chi connectivity index (χ0) is 24.1. The van der Waals surface area contributed by atoms with Crippen LogP contribution in [0.25, 0.3) is 11.2 Å². The van der Waals surface area contributed by atoms with Gasteiger partial charge in [0.25, 0.3) is 0 Å².